The van der Waals surface area contributed by atoms with E-state index >= 15 is 0 Å². The van der Waals surface area contributed by atoms with Gasteiger partial charge >= 0.3 is 5.97 Å². The van der Waals surface area contributed by atoms with Crippen molar-refractivity contribution in [2.24, 2.45) is 11.7 Å². The second-order valence-electron chi connectivity index (χ2n) is 9.65. The number of thioether (sulfide) groups is 1. The van der Waals surface area contributed by atoms with Crippen molar-refractivity contribution in [3.8, 4) is 0 Å². The molecule has 1 aliphatic heterocycles. The molecule has 8 N–H and O–H groups in total. The van der Waals surface area contributed by atoms with Crippen LogP contribution in [0.15, 0.2) is 0 Å². The average Bonchev–Trinajstić information content (AvgIpc) is 3.29. The normalized spacial score (nSPS) is 18.1. The highest BCUT2D eigenvalue weighted by atomic mass is 32.2. The Kier molecular flexibility index (Phi) is 14.7. The van der Waals surface area contributed by atoms with Gasteiger partial charge in [0.2, 0.25) is 29.5 Å². The van der Waals surface area contributed by atoms with E-state index in [-0.39, 0.29) is 24.7 Å². The molecule has 0 unspecified atom stereocenters. The number of unbranched alkanes of at least 4 members (excludes halogenated alkanes) is 1. The van der Waals surface area contributed by atoms with Crippen LogP contribution in [0.5, 0.6) is 0 Å². The fraction of sp³-hybridized carbons (Fsp3) is 0.750. The molecule has 5 amide bonds. The van der Waals surface area contributed by atoms with Gasteiger partial charge in [-0.05, 0) is 63.5 Å². The summed E-state index contributed by atoms with van der Waals surface area (Å²) in [4.78, 5) is 74.1. The maximum absolute atomic E-state index is 12.9. The van der Waals surface area contributed by atoms with Crippen molar-refractivity contribution in [2.75, 3.05) is 18.6 Å². The number of hydrogen-bond donors (Lipinski definition) is 7. The molecule has 0 spiro atoms. The molecule has 0 radical (unpaired) electrons. The van der Waals surface area contributed by atoms with Gasteiger partial charge in [-0.2, -0.15) is 11.8 Å². The molecule has 1 rings (SSSR count). The minimum Gasteiger partial charge on any atom is -0.480 e. The van der Waals surface area contributed by atoms with Gasteiger partial charge in [-0.1, -0.05) is 13.8 Å². The molecule has 0 bridgehead atoms. The number of carbonyl (C=O) groups is 6. The number of nitrogens with two attached hydrogens (primary N) is 1. The Morgan fingerprint density at radius 2 is 1.66 bits per heavy atom. The van der Waals surface area contributed by atoms with E-state index in [2.05, 4.69) is 26.6 Å². The standard InChI is InChI=1S/C24H42N6O7S/c1-13(2)19(23(35)29-17(24(36)37)7-5-6-11-25)30-20(32)14(3)26-21(33)16(10-12-38-4)28-22(34)15-8-9-18(31)27-15/h13-17,19H,5-12,25H2,1-4H3,(H,26,33)(H,27,31)(H,28,34)(H,29,35)(H,30,32)(H,36,37)/t14-,15-,16-,17-,19-/m0/s1. The smallest absolute Gasteiger partial charge is 0.326 e. The van der Waals surface area contributed by atoms with Crippen LogP contribution in [0.25, 0.3) is 0 Å². The number of hydrogen-bond acceptors (Lipinski definition) is 8. The second-order valence-corrected chi connectivity index (χ2v) is 10.6. The summed E-state index contributed by atoms with van der Waals surface area (Å²) in [7, 11) is 0. The minimum atomic E-state index is -1.18. The zero-order valence-corrected chi connectivity index (χ0v) is 23.3. The topological polar surface area (TPSA) is 209 Å². The molecule has 1 heterocycles. The first-order valence-electron chi connectivity index (χ1n) is 12.8. The second kappa shape index (κ2) is 16.9. The molecular weight excluding hydrogens is 516 g/mol. The highest BCUT2D eigenvalue weighted by Gasteiger charge is 2.33. The van der Waals surface area contributed by atoms with Gasteiger partial charge in [-0.25, -0.2) is 4.79 Å². The predicted molar refractivity (Wildman–Crippen MR) is 143 cm³/mol. The highest BCUT2D eigenvalue weighted by Crippen LogP contribution is 2.09. The van der Waals surface area contributed by atoms with Crippen LogP contribution in [0.1, 0.15) is 59.3 Å². The Morgan fingerprint density at radius 1 is 0.974 bits per heavy atom. The third-order valence-electron chi connectivity index (χ3n) is 6.12. The molecule has 13 nitrogen and oxygen atoms in total. The van der Waals surface area contributed by atoms with E-state index in [0.717, 1.165) is 0 Å². The van der Waals surface area contributed by atoms with Crippen LogP contribution < -0.4 is 32.3 Å². The van der Waals surface area contributed by atoms with Crippen molar-refractivity contribution in [3.05, 3.63) is 0 Å². The molecule has 0 aromatic heterocycles. The summed E-state index contributed by atoms with van der Waals surface area (Å²) in [5, 5.41) is 22.3. The number of aliphatic carboxylic acids is 1. The van der Waals surface area contributed by atoms with Crippen LogP contribution in [0.3, 0.4) is 0 Å². The molecule has 0 aromatic rings. The molecule has 0 aliphatic carbocycles. The lowest BCUT2D eigenvalue weighted by molar-refractivity contribution is -0.142. The SMILES string of the molecule is CSCC[C@H](NC(=O)[C@@H]1CCC(=O)N1)C(=O)N[C@@H](C)C(=O)N[C@H](C(=O)N[C@@H](CCCCN)C(=O)O)C(C)C. The summed E-state index contributed by atoms with van der Waals surface area (Å²) in [5.41, 5.74) is 5.45. The van der Waals surface area contributed by atoms with E-state index < -0.39 is 59.8 Å². The Bertz CT molecular complexity index is 856. The van der Waals surface area contributed by atoms with Crippen molar-refractivity contribution >= 4 is 47.3 Å². The number of carboxylic acids is 1. The zero-order valence-electron chi connectivity index (χ0n) is 22.5. The Morgan fingerprint density at radius 3 is 2.18 bits per heavy atom. The molecule has 0 aromatic carbocycles. The summed E-state index contributed by atoms with van der Waals surface area (Å²) < 4.78 is 0. The molecule has 1 aliphatic rings. The van der Waals surface area contributed by atoms with Gasteiger partial charge in [-0.15, -0.1) is 0 Å². The maximum atomic E-state index is 12.9. The van der Waals surface area contributed by atoms with Crippen molar-refractivity contribution in [2.45, 2.75) is 89.5 Å². The van der Waals surface area contributed by atoms with Gasteiger partial charge in [0.25, 0.3) is 0 Å². The van der Waals surface area contributed by atoms with E-state index in [1.165, 1.54) is 18.7 Å². The monoisotopic (exact) mass is 558 g/mol. The summed E-state index contributed by atoms with van der Waals surface area (Å²) in [6.45, 7) is 5.26. The average molecular weight is 559 g/mol. The lowest BCUT2D eigenvalue weighted by Crippen LogP contribution is -2.58. The number of carboxylic acid groups (broad SMARTS) is 1. The lowest BCUT2D eigenvalue weighted by atomic mass is 10.0. The van der Waals surface area contributed by atoms with Crippen molar-refractivity contribution in [1.82, 2.24) is 26.6 Å². The van der Waals surface area contributed by atoms with E-state index in [1.807, 2.05) is 6.26 Å². The summed E-state index contributed by atoms with van der Waals surface area (Å²) in [6.07, 6.45) is 4.10. The van der Waals surface area contributed by atoms with Crippen LogP contribution >= 0.6 is 11.8 Å². The zero-order chi connectivity index (χ0) is 28.8. The van der Waals surface area contributed by atoms with E-state index in [4.69, 9.17) is 5.73 Å². The van der Waals surface area contributed by atoms with Gasteiger partial charge in [0.15, 0.2) is 0 Å². The van der Waals surface area contributed by atoms with Crippen molar-refractivity contribution in [1.29, 1.82) is 0 Å². The molecule has 0 saturated carbocycles. The molecule has 14 heteroatoms. The Hall–Kier alpha value is -2.87. The Labute approximate surface area is 227 Å². The maximum Gasteiger partial charge on any atom is 0.326 e. The lowest BCUT2D eigenvalue weighted by Gasteiger charge is -2.26. The third kappa shape index (κ3) is 11.3. The first-order valence-corrected chi connectivity index (χ1v) is 14.2. The van der Waals surface area contributed by atoms with Gasteiger partial charge in [0.05, 0.1) is 0 Å². The fourth-order valence-corrected chi connectivity index (χ4v) is 4.26. The summed E-state index contributed by atoms with van der Waals surface area (Å²) in [6, 6.07) is -4.82. The van der Waals surface area contributed by atoms with E-state index in [1.54, 1.807) is 13.8 Å². The van der Waals surface area contributed by atoms with Gasteiger partial charge in [-0.3, -0.25) is 24.0 Å². The van der Waals surface area contributed by atoms with Crippen molar-refractivity contribution < 1.29 is 33.9 Å². The first-order chi connectivity index (χ1) is 17.9. The van der Waals surface area contributed by atoms with Crippen LogP contribution in [-0.2, 0) is 28.8 Å². The van der Waals surface area contributed by atoms with Gasteiger partial charge in [0.1, 0.15) is 30.2 Å². The molecule has 1 saturated heterocycles. The molecular formula is C24H42N6O7S. The number of rotatable bonds is 17. The summed E-state index contributed by atoms with van der Waals surface area (Å²) >= 11 is 1.49. The molecule has 1 fully saturated rings. The number of nitrogens with one attached hydrogen (secondary N) is 5. The van der Waals surface area contributed by atoms with E-state index in [0.29, 0.717) is 38.0 Å². The van der Waals surface area contributed by atoms with Crippen LogP contribution in [0.2, 0.25) is 0 Å². The number of carbonyl (C=O) groups excluding carboxylic acids is 5. The van der Waals surface area contributed by atoms with E-state index in [9.17, 15) is 33.9 Å². The third-order valence-corrected chi connectivity index (χ3v) is 6.76. The number of amides is 5. The van der Waals surface area contributed by atoms with Crippen LogP contribution in [0, 0.1) is 5.92 Å². The molecule has 38 heavy (non-hydrogen) atoms. The molecule has 5 atom stereocenters. The van der Waals surface area contributed by atoms with Crippen LogP contribution in [-0.4, -0.2) is 89.4 Å². The first kappa shape index (κ1) is 33.2. The Balaban J connectivity index is 2.78. The molecule has 216 valence electrons. The van der Waals surface area contributed by atoms with Crippen LogP contribution in [0.4, 0.5) is 0 Å². The van der Waals surface area contributed by atoms with Crippen molar-refractivity contribution in [3.63, 3.8) is 0 Å². The van der Waals surface area contributed by atoms with Gasteiger partial charge < -0.3 is 37.4 Å². The summed E-state index contributed by atoms with van der Waals surface area (Å²) in [5.74, 6) is -3.52. The minimum absolute atomic E-state index is 0.206. The quantitative estimate of drug-likeness (QED) is 0.107. The largest absolute Gasteiger partial charge is 0.480 e. The highest BCUT2D eigenvalue weighted by molar-refractivity contribution is 7.98. The van der Waals surface area contributed by atoms with Gasteiger partial charge in [0, 0.05) is 6.42 Å². The fourth-order valence-electron chi connectivity index (χ4n) is 3.79. The predicted octanol–water partition coefficient (Wildman–Crippen LogP) is -1.15.